The average Bonchev–Trinajstić information content (AvgIpc) is 2.47. The van der Waals surface area contributed by atoms with Crippen molar-refractivity contribution in [3.8, 4) is 0 Å². The van der Waals surface area contributed by atoms with Crippen molar-refractivity contribution in [3.05, 3.63) is 27.7 Å². The molecule has 1 atom stereocenters. The van der Waals surface area contributed by atoms with Gasteiger partial charge in [-0.15, -0.1) is 0 Å². The third-order valence-corrected chi connectivity index (χ3v) is 7.50. The van der Waals surface area contributed by atoms with Crippen LogP contribution >= 0.6 is 35.0 Å². The van der Waals surface area contributed by atoms with Gasteiger partial charge in [-0.1, -0.05) is 30.1 Å². The Hall–Kier alpha value is 0.0200. The highest BCUT2D eigenvalue weighted by Gasteiger charge is 2.31. The SMILES string of the molecule is CCC1CN(S(=O)(=O)c2cc(CO)c(Cl)cc2Cl)CCS1. The Morgan fingerprint density at radius 3 is 2.71 bits per heavy atom. The summed E-state index contributed by atoms with van der Waals surface area (Å²) in [5.41, 5.74) is 0.359. The predicted molar refractivity (Wildman–Crippen MR) is 87.7 cm³/mol. The molecular weight excluding hydrogens is 353 g/mol. The van der Waals surface area contributed by atoms with Crippen LogP contribution in [0.5, 0.6) is 0 Å². The molecule has 0 bridgehead atoms. The molecule has 1 fully saturated rings. The number of benzene rings is 1. The van der Waals surface area contributed by atoms with Gasteiger partial charge >= 0.3 is 0 Å². The third-order valence-electron chi connectivity index (χ3n) is 3.45. The van der Waals surface area contributed by atoms with Gasteiger partial charge in [-0.3, -0.25) is 0 Å². The molecule has 0 spiro atoms. The van der Waals surface area contributed by atoms with Crippen molar-refractivity contribution in [2.75, 3.05) is 18.8 Å². The van der Waals surface area contributed by atoms with Crippen LogP contribution in [0.4, 0.5) is 0 Å². The maximum absolute atomic E-state index is 12.8. The topological polar surface area (TPSA) is 57.6 Å². The molecule has 1 aliphatic heterocycles. The molecule has 1 unspecified atom stereocenters. The summed E-state index contributed by atoms with van der Waals surface area (Å²) < 4.78 is 27.0. The number of hydrogen-bond donors (Lipinski definition) is 1. The van der Waals surface area contributed by atoms with Crippen LogP contribution in [-0.4, -0.2) is 41.9 Å². The molecule has 1 heterocycles. The summed E-state index contributed by atoms with van der Waals surface area (Å²) in [6.07, 6.45) is 0.924. The maximum atomic E-state index is 12.8. The molecule has 1 aromatic carbocycles. The number of hydrogen-bond acceptors (Lipinski definition) is 4. The Morgan fingerprint density at radius 2 is 2.10 bits per heavy atom. The van der Waals surface area contributed by atoms with Crippen LogP contribution < -0.4 is 0 Å². The number of aliphatic hydroxyl groups excluding tert-OH is 1. The van der Waals surface area contributed by atoms with Crippen molar-refractivity contribution in [2.24, 2.45) is 0 Å². The van der Waals surface area contributed by atoms with Gasteiger partial charge in [0, 0.05) is 29.1 Å². The van der Waals surface area contributed by atoms with Gasteiger partial charge in [-0.25, -0.2) is 8.42 Å². The lowest BCUT2D eigenvalue weighted by Crippen LogP contribution is -2.41. The van der Waals surface area contributed by atoms with E-state index in [0.29, 0.717) is 23.9 Å². The van der Waals surface area contributed by atoms with E-state index < -0.39 is 10.0 Å². The molecule has 2 rings (SSSR count). The minimum absolute atomic E-state index is 0.0133. The zero-order chi connectivity index (χ0) is 15.6. The number of nitrogens with zero attached hydrogens (tertiary/aromatic N) is 1. The second-order valence-corrected chi connectivity index (χ2v) is 8.93. The van der Waals surface area contributed by atoms with E-state index in [1.54, 1.807) is 11.8 Å². The van der Waals surface area contributed by atoms with Crippen LogP contribution in [0, 0.1) is 0 Å². The van der Waals surface area contributed by atoms with E-state index in [0.717, 1.165) is 12.2 Å². The smallest absolute Gasteiger partial charge is 0.244 e. The van der Waals surface area contributed by atoms with E-state index in [1.165, 1.54) is 16.4 Å². The summed E-state index contributed by atoms with van der Waals surface area (Å²) in [7, 11) is -3.67. The fourth-order valence-corrected chi connectivity index (χ4v) is 5.89. The quantitative estimate of drug-likeness (QED) is 0.885. The number of thioether (sulfide) groups is 1. The van der Waals surface area contributed by atoms with Crippen LogP contribution in [0.25, 0.3) is 0 Å². The molecule has 0 aliphatic carbocycles. The summed E-state index contributed by atoms with van der Waals surface area (Å²) in [5.74, 6) is 0.774. The highest BCUT2D eigenvalue weighted by molar-refractivity contribution is 8.00. The Morgan fingerprint density at radius 1 is 1.38 bits per heavy atom. The van der Waals surface area contributed by atoms with Gasteiger partial charge in [0.2, 0.25) is 10.0 Å². The second kappa shape index (κ2) is 7.06. The van der Waals surface area contributed by atoms with Gasteiger partial charge in [0.05, 0.1) is 11.6 Å². The highest BCUT2D eigenvalue weighted by Crippen LogP contribution is 2.33. The minimum atomic E-state index is -3.67. The van der Waals surface area contributed by atoms with Crippen molar-refractivity contribution < 1.29 is 13.5 Å². The van der Waals surface area contributed by atoms with Crippen molar-refractivity contribution in [1.29, 1.82) is 0 Å². The molecule has 4 nitrogen and oxygen atoms in total. The van der Waals surface area contributed by atoms with Crippen LogP contribution in [0.1, 0.15) is 18.9 Å². The van der Waals surface area contributed by atoms with E-state index in [-0.39, 0.29) is 21.5 Å². The zero-order valence-corrected chi connectivity index (χ0v) is 14.7. The molecule has 1 N–H and O–H groups in total. The van der Waals surface area contributed by atoms with E-state index in [2.05, 4.69) is 0 Å². The Bertz CT molecular complexity index is 622. The lowest BCUT2D eigenvalue weighted by atomic mass is 10.2. The molecule has 21 heavy (non-hydrogen) atoms. The predicted octanol–water partition coefficient (Wildman–Crippen LogP) is 3.00. The van der Waals surface area contributed by atoms with Crippen molar-refractivity contribution in [1.82, 2.24) is 4.31 Å². The van der Waals surface area contributed by atoms with Crippen molar-refractivity contribution >= 4 is 45.0 Å². The number of halogens is 2. The van der Waals surface area contributed by atoms with Gasteiger partial charge < -0.3 is 5.11 Å². The highest BCUT2D eigenvalue weighted by atomic mass is 35.5. The number of sulfonamides is 1. The van der Waals surface area contributed by atoms with E-state index >= 15 is 0 Å². The van der Waals surface area contributed by atoms with Crippen LogP contribution in [0.3, 0.4) is 0 Å². The molecule has 1 aromatic rings. The van der Waals surface area contributed by atoms with Crippen LogP contribution in [-0.2, 0) is 16.6 Å². The van der Waals surface area contributed by atoms with Crippen LogP contribution in [0.15, 0.2) is 17.0 Å². The Labute approximate surface area is 139 Å². The summed E-state index contributed by atoms with van der Waals surface area (Å²) in [6, 6.07) is 2.74. The molecular formula is C13H17Cl2NO3S2. The van der Waals surface area contributed by atoms with Gasteiger partial charge in [0.1, 0.15) is 4.90 Å². The second-order valence-electron chi connectivity index (χ2n) is 4.80. The molecule has 8 heteroatoms. The number of aliphatic hydroxyl groups is 1. The first-order valence-electron chi connectivity index (χ1n) is 6.60. The van der Waals surface area contributed by atoms with E-state index in [9.17, 15) is 13.5 Å². The lowest BCUT2D eigenvalue weighted by molar-refractivity contribution is 0.281. The first-order valence-corrected chi connectivity index (χ1v) is 9.85. The first-order chi connectivity index (χ1) is 9.90. The average molecular weight is 370 g/mol. The fourth-order valence-electron chi connectivity index (χ4n) is 2.19. The number of rotatable bonds is 4. The Balaban J connectivity index is 2.39. The van der Waals surface area contributed by atoms with E-state index in [4.69, 9.17) is 23.2 Å². The van der Waals surface area contributed by atoms with E-state index in [1.807, 2.05) is 6.92 Å². The zero-order valence-electron chi connectivity index (χ0n) is 11.6. The third kappa shape index (κ3) is 3.68. The van der Waals surface area contributed by atoms with Gasteiger partial charge in [-0.05, 0) is 24.1 Å². The molecule has 0 saturated carbocycles. The molecule has 1 aliphatic rings. The summed E-state index contributed by atoms with van der Waals surface area (Å²) >= 11 is 13.8. The van der Waals surface area contributed by atoms with Crippen LogP contribution in [0.2, 0.25) is 10.0 Å². The maximum Gasteiger partial charge on any atom is 0.244 e. The molecule has 1 saturated heterocycles. The molecule has 0 amide bonds. The normalized spacial score (nSPS) is 20.7. The molecule has 0 radical (unpaired) electrons. The largest absolute Gasteiger partial charge is 0.392 e. The molecule has 0 aromatic heterocycles. The van der Waals surface area contributed by atoms with Gasteiger partial charge in [0.15, 0.2) is 0 Å². The minimum Gasteiger partial charge on any atom is -0.392 e. The lowest BCUT2D eigenvalue weighted by Gasteiger charge is -2.31. The van der Waals surface area contributed by atoms with Crippen molar-refractivity contribution in [2.45, 2.75) is 30.1 Å². The summed E-state index contributed by atoms with van der Waals surface area (Å²) in [4.78, 5) is 0.0133. The summed E-state index contributed by atoms with van der Waals surface area (Å²) in [5, 5.41) is 9.91. The van der Waals surface area contributed by atoms with Gasteiger partial charge in [0.25, 0.3) is 0 Å². The standard InChI is InChI=1S/C13H17Cl2NO3S2/c1-2-10-7-16(3-4-20-10)21(18,19)13-5-9(8-17)11(14)6-12(13)15/h5-6,10,17H,2-4,7-8H2,1H3. The summed E-state index contributed by atoms with van der Waals surface area (Å²) in [6.45, 7) is 2.67. The monoisotopic (exact) mass is 369 g/mol. The van der Waals surface area contributed by atoms with Crippen molar-refractivity contribution in [3.63, 3.8) is 0 Å². The molecule has 118 valence electrons. The fraction of sp³-hybridized carbons (Fsp3) is 0.538. The Kier molecular flexibility index (Phi) is 5.84. The first kappa shape index (κ1) is 17.4. The van der Waals surface area contributed by atoms with Gasteiger partial charge in [-0.2, -0.15) is 16.1 Å².